The van der Waals surface area contributed by atoms with Gasteiger partial charge in [-0.1, -0.05) is 41.9 Å². The molecule has 0 aliphatic carbocycles. The Kier molecular flexibility index (Phi) is 5.67. The Labute approximate surface area is 198 Å². The van der Waals surface area contributed by atoms with Gasteiger partial charge in [0.1, 0.15) is 29.6 Å². The molecule has 2 heterocycles. The molecule has 0 bridgehead atoms. The largest absolute Gasteiger partial charge is 0.478 e. The SMILES string of the molecule is Cc1oc2c3c(ccc2c(=O)c1Oc1ccccc1Br)OCN(Cc1ccccc1Cl)C3. The predicted octanol–water partition coefficient (Wildman–Crippen LogP) is 6.66. The van der Waals surface area contributed by atoms with E-state index >= 15 is 0 Å². The lowest BCUT2D eigenvalue weighted by Crippen LogP contribution is -2.32. The van der Waals surface area contributed by atoms with Crippen molar-refractivity contribution in [1.82, 2.24) is 4.90 Å². The second-order valence-corrected chi connectivity index (χ2v) is 8.88. The molecule has 4 aromatic rings. The van der Waals surface area contributed by atoms with Crippen LogP contribution in [0.15, 0.2) is 74.3 Å². The number of nitrogens with zero attached hydrogens (tertiary/aromatic N) is 1. The van der Waals surface area contributed by atoms with Crippen LogP contribution in [0.25, 0.3) is 11.0 Å². The minimum atomic E-state index is -0.217. The number of hydrogen-bond donors (Lipinski definition) is 0. The Balaban J connectivity index is 1.52. The topological polar surface area (TPSA) is 51.9 Å². The van der Waals surface area contributed by atoms with Crippen molar-refractivity contribution in [2.24, 2.45) is 0 Å². The van der Waals surface area contributed by atoms with Crippen molar-refractivity contribution in [2.45, 2.75) is 20.0 Å². The monoisotopic (exact) mass is 511 g/mol. The predicted molar refractivity (Wildman–Crippen MR) is 128 cm³/mol. The Morgan fingerprint density at radius 1 is 1.09 bits per heavy atom. The average molecular weight is 513 g/mol. The number of aryl methyl sites for hydroxylation is 1. The molecular formula is C25H19BrClNO4. The van der Waals surface area contributed by atoms with Crippen molar-refractivity contribution < 1.29 is 13.9 Å². The lowest BCUT2D eigenvalue weighted by atomic mass is 10.1. The summed E-state index contributed by atoms with van der Waals surface area (Å²) in [6, 6.07) is 18.7. The molecule has 0 fully saturated rings. The summed E-state index contributed by atoms with van der Waals surface area (Å²) in [6.07, 6.45) is 0. The third-order valence-electron chi connectivity index (χ3n) is 5.43. The summed E-state index contributed by atoms with van der Waals surface area (Å²) in [6.45, 7) is 3.36. The first-order valence-electron chi connectivity index (χ1n) is 10.1. The molecule has 0 N–H and O–H groups in total. The van der Waals surface area contributed by atoms with Crippen molar-refractivity contribution >= 4 is 38.5 Å². The van der Waals surface area contributed by atoms with Crippen LogP contribution in [0.1, 0.15) is 16.9 Å². The van der Waals surface area contributed by atoms with E-state index in [4.69, 9.17) is 25.5 Å². The highest BCUT2D eigenvalue weighted by atomic mass is 79.9. The Morgan fingerprint density at radius 3 is 2.69 bits per heavy atom. The van der Waals surface area contributed by atoms with Gasteiger partial charge >= 0.3 is 0 Å². The highest BCUT2D eigenvalue weighted by Gasteiger charge is 2.24. The molecule has 0 saturated carbocycles. The molecule has 0 atom stereocenters. The fraction of sp³-hybridized carbons (Fsp3) is 0.160. The maximum Gasteiger partial charge on any atom is 0.235 e. The van der Waals surface area contributed by atoms with Gasteiger partial charge in [0.05, 0.1) is 15.4 Å². The zero-order valence-corrected chi connectivity index (χ0v) is 19.6. The number of benzene rings is 3. The summed E-state index contributed by atoms with van der Waals surface area (Å²) in [5.41, 5.74) is 2.16. The zero-order valence-electron chi connectivity index (χ0n) is 17.2. The van der Waals surface area contributed by atoms with E-state index in [0.717, 1.165) is 21.3 Å². The summed E-state index contributed by atoms with van der Waals surface area (Å²) in [5.74, 6) is 1.85. The third-order valence-corrected chi connectivity index (χ3v) is 6.45. The molecule has 3 aromatic carbocycles. The minimum absolute atomic E-state index is 0.175. The van der Waals surface area contributed by atoms with Gasteiger partial charge in [0.25, 0.3) is 0 Å². The number of hydrogen-bond acceptors (Lipinski definition) is 5. The van der Waals surface area contributed by atoms with E-state index in [2.05, 4.69) is 20.8 Å². The fourth-order valence-corrected chi connectivity index (χ4v) is 4.39. The Hall–Kier alpha value is -2.80. The van der Waals surface area contributed by atoms with Crippen molar-refractivity contribution in [1.29, 1.82) is 0 Å². The van der Waals surface area contributed by atoms with Crippen molar-refractivity contribution in [3.63, 3.8) is 0 Å². The molecule has 1 aliphatic heterocycles. The summed E-state index contributed by atoms with van der Waals surface area (Å²) in [7, 11) is 0. The molecule has 0 saturated heterocycles. The van der Waals surface area contributed by atoms with Gasteiger partial charge in [-0.3, -0.25) is 9.69 Å². The van der Waals surface area contributed by atoms with E-state index in [9.17, 15) is 4.79 Å². The molecule has 0 spiro atoms. The third kappa shape index (κ3) is 3.90. The molecule has 0 unspecified atom stereocenters. The van der Waals surface area contributed by atoms with Crippen LogP contribution in [-0.2, 0) is 13.1 Å². The normalized spacial score (nSPS) is 13.6. The first kappa shape index (κ1) is 21.1. The Morgan fingerprint density at radius 2 is 1.88 bits per heavy atom. The summed E-state index contributed by atoms with van der Waals surface area (Å²) in [5, 5.41) is 1.17. The van der Waals surface area contributed by atoms with E-state index in [1.165, 1.54) is 0 Å². The zero-order chi connectivity index (χ0) is 22.2. The van der Waals surface area contributed by atoms with Gasteiger partial charge in [-0.05, 0) is 58.7 Å². The number of para-hydroxylation sites is 1. The summed E-state index contributed by atoms with van der Waals surface area (Å²) >= 11 is 9.78. The molecule has 1 aromatic heterocycles. The quantitative estimate of drug-likeness (QED) is 0.306. The van der Waals surface area contributed by atoms with Crippen molar-refractivity contribution in [3.05, 3.63) is 97.3 Å². The average Bonchev–Trinajstić information content (AvgIpc) is 2.79. The first-order chi connectivity index (χ1) is 15.5. The highest BCUT2D eigenvalue weighted by molar-refractivity contribution is 9.10. The van der Waals surface area contributed by atoms with Crippen LogP contribution in [-0.4, -0.2) is 11.6 Å². The molecule has 7 heteroatoms. The molecule has 5 rings (SSSR count). The van der Waals surface area contributed by atoms with Crippen LogP contribution in [0.2, 0.25) is 5.02 Å². The second-order valence-electron chi connectivity index (χ2n) is 7.62. The van der Waals surface area contributed by atoms with Gasteiger partial charge in [0.2, 0.25) is 11.2 Å². The maximum atomic E-state index is 13.3. The van der Waals surface area contributed by atoms with Crippen molar-refractivity contribution in [2.75, 3.05) is 6.73 Å². The molecule has 162 valence electrons. The number of rotatable bonds is 4. The van der Waals surface area contributed by atoms with Gasteiger partial charge in [-0.25, -0.2) is 0 Å². The standard InChI is InChI=1S/C25H19BrClNO4/c1-15-24(32-22-9-5-3-7-19(22)26)23(29)17-10-11-21-18(25(17)31-15)13-28(14-30-21)12-16-6-2-4-8-20(16)27/h2-11H,12-14H2,1H3. The maximum absolute atomic E-state index is 13.3. The van der Waals surface area contributed by atoms with Crippen LogP contribution >= 0.6 is 27.5 Å². The van der Waals surface area contributed by atoms with Gasteiger partial charge in [0, 0.05) is 18.1 Å². The molecule has 5 nitrogen and oxygen atoms in total. The van der Waals surface area contributed by atoms with Crippen LogP contribution < -0.4 is 14.9 Å². The molecule has 32 heavy (non-hydrogen) atoms. The van der Waals surface area contributed by atoms with Gasteiger partial charge < -0.3 is 13.9 Å². The number of halogens is 2. The lowest BCUT2D eigenvalue weighted by molar-refractivity contribution is 0.0890. The molecule has 0 amide bonds. The first-order valence-corrected chi connectivity index (χ1v) is 11.3. The van der Waals surface area contributed by atoms with Gasteiger partial charge in [0.15, 0.2) is 0 Å². The van der Waals surface area contributed by atoms with Gasteiger partial charge in [-0.15, -0.1) is 0 Å². The lowest BCUT2D eigenvalue weighted by Gasteiger charge is -2.29. The van der Waals surface area contributed by atoms with Crippen molar-refractivity contribution in [3.8, 4) is 17.2 Å². The van der Waals surface area contributed by atoms with Gasteiger partial charge in [-0.2, -0.15) is 0 Å². The molecular weight excluding hydrogens is 494 g/mol. The highest BCUT2D eigenvalue weighted by Crippen LogP contribution is 2.36. The number of ether oxygens (including phenoxy) is 2. The van der Waals surface area contributed by atoms with E-state index in [1.807, 2.05) is 48.5 Å². The van der Waals surface area contributed by atoms with Crippen LogP contribution in [0.3, 0.4) is 0 Å². The van der Waals surface area contributed by atoms with Crippen LogP contribution in [0, 0.1) is 6.92 Å². The fourth-order valence-electron chi connectivity index (χ4n) is 3.83. The summed E-state index contributed by atoms with van der Waals surface area (Å²) < 4.78 is 18.8. The van der Waals surface area contributed by atoms with E-state index in [0.29, 0.717) is 47.3 Å². The molecule has 0 radical (unpaired) electrons. The Bertz CT molecular complexity index is 1380. The summed E-state index contributed by atoms with van der Waals surface area (Å²) in [4.78, 5) is 15.4. The number of fused-ring (bicyclic) bond motifs is 3. The van der Waals surface area contributed by atoms with Crippen LogP contribution in [0.5, 0.6) is 17.2 Å². The van der Waals surface area contributed by atoms with E-state index < -0.39 is 0 Å². The van der Waals surface area contributed by atoms with Crippen LogP contribution in [0.4, 0.5) is 0 Å². The van der Waals surface area contributed by atoms with E-state index in [-0.39, 0.29) is 11.2 Å². The minimum Gasteiger partial charge on any atom is -0.478 e. The van der Waals surface area contributed by atoms with E-state index in [1.54, 1.807) is 19.1 Å². The second kappa shape index (κ2) is 8.62. The molecule has 1 aliphatic rings. The smallest absolute Gasteiger partial charge is 0.235 e.